The summed E-state index contributed by atoms with van der Waals surface area (Å²) < 4.78 is 0. The van der Waals surface area contributed by atoms with Crippen molar-refractivity contribution in [3.63, 3.8) is 0 Å². The first-order valence-electron chi connectivity index (χ1n) is 5.57. The normalized spacial score (nSPS) is 28.1. The van der Waals surface area contributed by atoms with Crippen LogP contribution < -0.4 is 10.6 Å². The first kappa shape index (κ1) is 10.7. The molecule has 2 N–H and O–H groups in total. The van der Waals surface area contributed by atoms with E-state index in [0.29, 0.717) is 19.5 Å². The summed E-state index contributed by atoms with van der Waals surface area (Å²) in [6.45, 7) is 1.69. The maximum absolute atomic E-state index is 12.3. The molecule has 17 heavy (non-hydrogen) atoms. The van der Waals surface area contributed by atoms with Crippen LogP contribution in [0.15, 0.2) is 16.8 Å². The van der Waals surface area contributed by atoms with Crippen LogP contribution in [0.4, 0.5) is 4.79 Å². The van der Waals surface area contributed by atoms with E-state index in [0.717, 1.165) is 12.1 Å². The van der Waals surface area contributed by atoms with Crippen LogP contribution in [0.25, 0.3) is 0 Å². The van der Waals surface area contributed by atoms with Gasteiger partial charge in [0.2, 0.25) is 0 Å². The molecule has 0 aromatic carbocycles. The fraction of sp³-hybridized carbons (Fsp3) is 0.455. The van der Waals surface area contributed by atoms with Crippen molar-refractivity contribution in [1.82, 2.24) is 15.5 Å². The van der Waals surface area contributed by atoms with Gasteiger partial charge in [0.05, 0.1) is 6.54 Å². The molecule has 0 aliphatic carbocycles. The number of thiophene rings is 1. The Kier molecular flexibility index (Phi) is 2.41. The van der Waals surface area contributed by atoms with Gasteiger partial charge in [0, 0.05) is 6.54 Å². The predicted molar refractivity (Wildman–Crippen MR) is 63.6 cm³/mol. The zero-order chi connectivity index (χ0) is 11.9. The molecule has 2 fully saturated rings. The number of nitrogens with zero attached hydrogens (tertiary/aromatic N) is 1. The van der Waals surface area contributed by atoms with Crippen LogP contribution in [-0.4, -0.2) is 35.5 Å². The van der Waals surface area contributed by atoms with Gasteiger partial charge in [0.25, 0.3) is 5.91 Å². The second-order valence-electron chi connectivity index (χ2n) is 4.46. The Labute approximate surface area is 103 Å². The molecule has 2 saturated heterocycles. The number of amides is 3. The van der Waals surface area contributed by atoms with Crippen molar-refractivity contribution in [3.8, 4) is 0 Å². The van der Waals surface area contributed by atoms with E-state index in [1.807, 2.05) is 16.8 Å². The minimum atomic E-state index is -0.687. The Morgan fingerprint density at radius 2 is 2.35 bits per heavy atom. The second kappa shape index (κ2) is 3.82. The molecular weight excluding hydrogens is 238 g/mol. The summed E-state index contributed by atoms with van der Waals surface area (Å²) in [5.74, 6) is -0.0984. The molecule has 2 aliphatic heterocycles. The molecule has 0 radical (unpaired) electrons. The van der Waals surface area contributed by atoms with E-state index in [2.05, 4.69) is 10.6 Å². The van der Waals surface area contributed by atoms with Crippen molar-refractivity contribution in [1.29, 1.82) is 0 Å². The Balaban J connectivity index is 1.82. The first-order chi connectivity index (χ1) is 8.21. The monoisotopic (exact) mass is 251 g/mol. The highest BCUT2D eigenvalue weighted by Gasteiger charge is 2.52. The maximum atomic E-state index is 12.3. The smallest absolute Gasteiger partial charge is 0.322 e. The lowest BCUT2D eigenvalue weighted by Crippen LogP contribution is -2.48. The van der Waals surface area contributed by atoms with Gasteiger partial charge < -0.3 is 10.6 Å². The maximum Gasteiger partial charge on any atom is 0.325 e. The molecule has 6 heteroatoms. The highest BCUT2D eigenvalue weighted by atomic mass is 32.1. The number of carbonyl (C=O) groups excluding carboxylic acids is 2. The van der Waals surface area contributed by atoms with Gasteiger partial charge in [-0.25, -0.2) is 4.79 Å². The third-order valence-corrected chi connectivity index (χ3v) is 4.05. The molecule has 1 aromatic rings. The highest BCUT2D eigenvalue weighted by molar-refractivity contribution is 7.07. The summed E-state index contributed by atoms with van der Waals surface area (Å²) >= 11 is 1.57. The lowest BCUT2D eigenvalue weighted by Gasteiger charge is -2.18. The number of urea groups is 1. The fourth-order valence-corrected chi connectivity index (χ4v) is 3.03. The summed E-state index contributed by atoms with van der Waals surface area (Å²) in [6, 6.07) is 1.66. The molecule has 3 rings (SSSR count). The Hall–Kier alpha value is -1.40. The van der Waals surface area contributed by atoms with E-state index < -0.39 is 5.54 Å². The highest BCUT2D eigenvalue weighted by Crippen LogP contribution is 2.25. The van der Waals surface area contributed by atoms with Crippen molar-refractivity contribution < 1.29 is 9.59 Å². The van der Waals surface area contributed by atoms with Gasteiger partial charge in [-0.1, -0.05) is 0 Å². The van der Waals surface area contributed by atoms with Crippen molar-refractivity contribution in [2.24, 2.45) is 0 Å². The Morgan fingerprint density at radius 1 is 1.47 bits per heavy atom. The van der Waals surface area contributed by atoms with Gasteiger partial charge in [-0.2, -0.15) is 11.3 Å². The summed E-state index contributed by atoms with van der Waals surface area (Å²) in [5, 5.41) is 9.85. The van der Waals surface area contributed by atoms with Gasteiger partial charge in [-0.15, -0.1) is 0 Å². The van der Waals surface area contributed by atoms with Gasteiger partial charge in [-0.3, -0.25) is 9.69 Å². The fourth-order valence-electron chi connectivity index (χ4n) is 2.37. The van der Waals surface area contributed by atoms with E-state index in [1.54, 1.807) is 11.3 Å². The van der Waals surface area contributed by atoms with E-state index in [-0.39, 0.29) is 11.9 Å². The second-order valence-corrected chi connectivity index (χ2v) is 5.24. The number of rotatable bonds is 2. The van der Waals surface area contributed by atoms with E-state index in [9.17, 15) is 9.59 Å². The van der Waals surface area contributed by atoms with E-state index in [1.165, 1.54) is 4.90 Å². The third-order valence-electron chi connectivity index (χ3n) is 3.32. The molecule has 0 saturated carbocycles. The molecular formula is C11H13N3O2S. The van der Waals surface area contributed by atoms with Crippen molar-refractivity contribution >= 4 is 23.3 Å². The molecule has 0 bridgehead atoms. The standard InChI is InChI=1S/C11H13N3O2S/c15-9-11(2-3-12-7-11)13-10(16)14(9)5-8-1-4-17-6-8/h1,4,6,12H,2-3,5,7H2,(H,13,16). The molecule has 2 aliphatic rings. The number of nitrogens with one attached hydrogen (secondary N) is 2. The third kappa shape index (κ3) is 1.64. The molecule has 3 amide bonds. The predicted octanol–water partition coefficient (Wildman–Crippen LogP) is 0.532. The van der Waals surface area contributed by atoms with Crippen molar-refractivity contribution in [2.75, 3.05) is 13.1 Å². The molecule has 1 aromatic heterocycles. The topological polar surface area (TPSA) is 61.4 Å². The average Bonchev–Trinajstić information content (AvgIpc) is 2.99. The quantitative estimate of drug-likeness (QED) is 0.754. The molecule has 90 valence electrons. The molecule has 1 unspecified atom stereocenters. The largest absolute Gasteiger partial charge is 0.325 e. The lowest BCUT2D eigenvalue weighted by atomic mass is 9.99. The van der Waals surface area contributed by atoms with Crippen LogP contribution in [0, 0.1) is 0 Å². The Bertz CT molecular complexity index is 451. The van der Waals surface area contributed by atoms with Crippen molar-refractivity contribution in [3.05, 3.63) is 22.4 Å². The van der Waals surface area contributed by atoms with Crippen LogP contribution in [0.1, 0.15) is 12.0 Å². The number of hydrogen-bond donors (Lipinski definition) is 2. The van der Waals surface area contributed by atoms with Crippen LogP contribution in [0.2, 0.25) is 0 Å². The minimum absolute atomic E-state index is 0.0984. The van der Waals surface area contributed by atoms with Crippen LogP contribution in [0.5, 0.6) is 0 Å². The summed E-state index contributed by atoms with van der Waals surface area (Å²) in [4.78, 5) is 25.4. The van der Waals surface area contributed by atoms with E-state index >= 15 is 0 Å². The SMILES string of the molecule is O=C1NC2(CCNC2)C(=O)N1Cc1ccsc1. The summed E-state index contributed by atoms with van der Waals surface area (Å²) in [5.41, 5.74) is 0.314. The first-order valence-corrected chi connectivity index (χ1v) is 6.51. The molecule has 1 atom stereocenters. The molecule has 3 heterocycles. The lowest BCUT2D eigenvalue weighted by molar-refractivity contribution is -0.131. The van der Waals surface area contributed by atoms with E-state index in [4.69, 9.17) is 0 Å². The summed E-state index contributed by atoms with van der Waals surface area (Å²) in [7, 11) is 0. The van der Waals surface area contributed by atoms with Gasteiger partial charge >= 0.3 is 6.03 Å². The molecule has 5 nitrogen and oxygen atoms in total. The van der Waals surface area contributed by atoms with Crippen molar-refractivity contribution in [2.45, 2.75) is 18.5 Å². The number of hydrogen-bond acceptors (Lipinski definition) is 4. The molecule has 1 spiro atoms. The van der Waals surface area contributed by atoms with Crippen LogP contribution >= 0.6 is 11.3 Å². The van der Waals surface area contributed by atoms with Gasteiger partial charge in [0.15, 0.2) is 0 Å². The Morgan fingerprint density at radius 3 is 3.00 bits per heavy atom. The zero-order valence-corrected chi connectivity index (χ0v) is 10.0. The van der Waals surface area contributed by atoms with Crippen LogP contribution in [-0.2, 0) is 11.3 Å². The van der Waals surface area contributed by atoms with Gasteiger partial charge in [0.1, 0.15) is 5.54 Å². The van der Waals surface area contributed by atoms with Gasteiger partial charge in [-0.05, 0) is 35.4 Å². The average molecular weight is 251 g/mol. The minimum Gasteiger partial charge on any atom is -0.322 e. The number of carbonyl (C=O) groups is 2. The summed E-state index contributed by atoms with van der Waals surface area (Å²) in [6.07, 6.45) is 0.678. The number of imide groups is 1. The zero-order valence-electron chi connectivity index (χ0n) is 9.23. The van der Waals surface area contributed by atoms with Crippen LogP contribution in [0.3, 0.4) is 0 Å².